The number of para-hydroxylation sites is 1. The van der Waals surface area contributed by atoms with Gasteiger partial charge in [-0.3, -0.25) is 4.79 Å². The summed E-state index contributed by atoms with van der Waals surface area (Å²) in [5.41, 5.74) is 1.80. The van der Waals surface area contributed by atoms with Crippen LogP contribution in [0.3, 0.4) is 0 Å². The van der Waals surface area contributed by atoms with Crippen molar-refractivity contribution in [1.82, 2.24) is 5.32 Å². The first-order valence-electron chi connectivity index (χ1n) is 6.89. The third-order valence-corrected chi connectivity index (χ3v) is 3.42. The Kier molecular flexibility index (Phi) is 4.43. The lowest BCUT2D eigenvalue weighted by molar-refractivity contribution is -0.119. The Balaban J connectivity index is 2.04. The highest BCUT2D eigenvalue weighted by Gasteiger charge is 2.24. The van der Waals surface area contributed by atoms with E-state index in [-0.39, 0.29) is 5.91 Å². The van der Waals surface area contributed by atoms with Gasteiger partial charge in [0.25, 0.3) is 0 Å². The van der Waals surface area contributed by atoms with Gasteiger partial charge in [0.05, 0.1) is 12.6 Å². The van der Waals surface area contributed by atoms with Gasteiger partial charge in [-0.2, -0.15) is 0 Å². The summed E-state index contributed by atoms with van der Waals surface area (Å²) in [6.07, 6.45) is 2.38. The number of carbonyl (C=O) groups is 1. The van der Waals surface area contributed by atoms with Crippen LogP contribution in [0.1, 0.15) is 37.9 Å². The molecule has 1 fully saturated rings. The number of hydrogen-bond donors (Lipinski definition) is 2. The van der Waals surface area contributed by atoms with E-state index in [1.165, 1.54) is 0 Å². The largest absolute Gasteiger partial charge is 0.388 e. The van der Waals surface area contributed by atoms with Crippen LogP contribution in [-0.2, 0) is 4.79 Å². The van der Waals surface area contributed by atoms with Crippen molar-refractivity contribution in [1.29, 1.82) is 0 Å². The third-order valence-electron chi connectivity index (χ3n) is 3.42. The first-order chi connectivity index (χ1) is 9.11. The van der Waals surface area contributed by atoms with Gasteiger partial charge < -0.3 is 15.3 Å². The van der Waals surface area contributed by atoms with Gasteiger partial charge in [0.1, 0.15) is 0 Å². The van der Waals surface area contributed by atoms with Crippen molar-refractivity contribution in [3.8, 4) is 0 Å². The van der Waals surface area contributed by atoms with E-state index in [2.05, 4.69) is 5.32 Å². The number of aliphatic hydroxyl groups excluding tert-OH is 1. The number of amides is 1. The SMILES string of the molecule is CCC(O)c1ccccc1N(C)CC(=O)NC1CC1. The van der Waals surface area contributed by atoms with Crippen molar-refractivity contribution < 1.29 is 9.90 Å². The van der Waals surface area contributed by atoms with Crippen molar-refractivity contribution in [2.45, 2.75) is 38.3 Å². The summed E-state index contributed by atoms with van der Waals surface area (Å²) in [5.74, 6) is 0.0470. The summed E-state index contributed by atoms with van der Waals surface area (Å²) in [5, 5.41) is 13.0. The Morgan fingerprint density at radius 2 is 2.16 bits per heavy atom. The topological polar surface area (TPSA) is 52.6 Å². The molecule has 0 aromatic heterocycles. The molecular weight excluding hydrogens is 240 g/mol. The van der Waals surface area contributed by atoms with E-state index >= 15 is 0 Å². The fourth-order valence-electron chi connectivity index (χ4n) is 2.14. The second-order valence-corrected chi connectivity index (χ2v) is 5.18. The summed E-state index contributed by atoms with van der Waals surface area (Å²) in [4.78, 5) is 13.7. The van der Waals surface area contributed by atoms with Crippen LogP contribution in [0.25, 0.3) is 0 Å². The van der Waals surface area contributed by atoms with E-state index in [9.17, 15) is 9.90 Å². The standard InChI is InChI=1S/C15H22N2O2/c1-3-14(18)12-6-4-5-7-13(12)17(2)10-15(19)16-11-8-9-11/h4-7,11,14,18H,3,8-10H2,1-2H3,(H,16,19). The van der Waals surface area contributed by atoms with E-state index in [4.69, 9.17) is 0 Å². The molecule has 1 amide bonds. The zero-order valence-corrected chi connectivity index (χ0v) is 11.6. The lowest BCUT2D eigenvalue weighted by Gasteiger charge is -2.23. The highest BCUT2D eigenvalue weighted by Crippen LogP contribution is 2.27. The summed E-state index contributed by atoms with van der Waals surface area (Å²) < 4.78 is 0. The molecule has 1 atom stereocenters. The van der Waals surface area contributed by atoms with Crippen molar-refractivity contribution in [3.63, 3.8) is 0 Å². The third kappa shape index (κ3) is 3.70. The maximum Gasteiger partial charge on any atom is 0.239 e. The zero-order valence-electron chi connectivity index (χ0n) is 11.6. The molecule has 0 spiro atoms. The van der Waals surface area contributed by atoms with Crippen LogP contribution in [0, 0.1) is 0 Å². The predicted octanol–water partition coefficient (Wildman–Crippen LogP) is 1.84. The molecule has 1 aliphatic carbocycles. The van der Waals surface area contributed by atoms with Crippen LogP contribution in [0.15, 0.2) is 24.3 Å². The molecule has 19 heavy (non-hydrogen) atoms. The van der Waals surface area contributed by atoms with Gasteiger partial charge in [-0.1, -0.05) is 25.1 Å². The fourth-order valence-corrected chi connectivity index (χ4v) is 2.14. The Labute approximate surface area is 114 Å². The molecule has 1 saturated carbocycles. The number of carbonyl (C=O) groups excluding carboxylic acids is 1. The second-order valence-electron chi connectivity index (χ2n) is 5.18. The molecule has 2 rings (SSSR count). The number of nitrogens with one attached hydrogen (secondary N) is 1. The maximum atomic E-state index is 11.8. The fraction of sp³-hybridized carbons (Fsp3) is 0.533. The van der Waals surface area contributed by atoms with Crippen LogP contribution < -0.4 is 10.2 Å². The van der Waals surface area contributed by atoms with Crippen LogP contribution in [-0.4, -0.2) is 30.6 Å². The molecule has 0 bridgehead atoms. The van der Waals surface area contributed by atoms with E-state index in [1.54, 1.807) is 0 Å². The second kappa shape index (κ2) is 6.06. The minimum atomic E-state index is -0.481. The van der Waals surface area contributed by atoms with E-state index in [0.717, 1.165) is 24.1 Å². The molecule has 104 valence electrons. The van der Waals surface area contributed by atoms with Gasteiger partial charge in [0.15, 0.2) is 0 Å². The Morgan fingerprint density at radius 3 is 2.79 bits per heavy atom. The van der Waals surface area contributed by atoms with Gasteiger partial charge in [0, 0.05) is 24.3 Å². The molecule has 1 aliphatic rings. The first-order valence-corrected chi connectivity index (χ1v) is 6.89. The number of benzene rings is 1. The lowest BCUT2D eigenvalue weighted by Crippen LogP contribution is -2.36. The van der Waals surface area contributed by atoms with Crippen molar-refractivity contribution in [2.75, 3.05) is 18.5 Å². The summed E-state index contributed by atoms with van der Waals surface area (Å²) in [6.45, 7) is 2.27. The quantitative estimate of drug-likeness (QED) is 0.822. The molecule has 1 unspecified atom stereocenters. The van der Waals surface area contributed by atoms with Crippen molar-refractivity contribution in [2.24, 2.45) is 0 Å². The molecular formula is C15H22N2O2. The molecule has 0 aliphatic heterocycles. The van der Waals surface area contributed by atoms with Gasteiger partial charge in [-0.15, -0.1) is 0 Å². The van der Waals surface area contributed by atoms with Crippen LogP contribution in [0.4, 0.5) is 5.69 Å². The molecule has 2 N–H and O–H groups in total. The van der Waals surface area contributed by atoms with E-state index in [1.807, 2.05) is 43.1 Å². The molecule has 0 saturated heterocycles. The van der Waals surface area contributed by atoms with Gasteiger partial charge >= 0.3 is 0 Å². The monoisotopic (exact) mass is 262 g/mol. The highest BCUT2D eigenvalue weighted by molar-refractivity contribution is 5.82. The summed E-state index contributed by atoms with van der Waals surface area (Å²) in [6, 6.07) is 8.08. The Morgan fingerprint density at radius 1 is 1.47 bits per heavy atom. The van der Waals surface area contributed by atoms with E-state index in [0.29, 0.717) is 19.0 Å². The zero-order chi connectivity index (χ0) is 13.8. The van der Waals surface area contributed by atoms with Gasteiger partial charge in [-0.05, 0) is 25.3 Å². The highest BCUT2D eigenvalue weighted by atomic mass is 16.3. The number of anilines is 1. The van der Waals surface area contributed by atoms with E-state index < -0.39 is 6.10 Å². The van der Waals surface area contributed by atoms with Crippen LogP contribution >= 0.6 is 0 Å². The molecule has 0 heterocycles. The summed E-state index contributed by atoms with van der Waals surface area (Å²) >= 11 is 0. The number of hydrogen-bond acceptors (Lipinski definition) is 3. The number of aliphatic hydroxyl groups is 1. The number of nitrogens with zero attached hydrogens (tertiary/aromatic N) is 1. The molecule has 4 nitrogen and oxygen atoms in total. The van der Waals surface area contributed by atoms with Gasteiger partial charge in [-0.25, -0.2) is 0 Å². The Hall–Kier alpha value is -1.55. The average molecular weight is 262 g/mol. The molecule has 1 aromatic carbocycles. The van der Waals surface area contributed by atoms with Crippen molar-refractivity contribution in [3.05, 3.63) is 29.8 Å². The predicted molar refractivity (Wildman–Crippen MR) is 76.1 cm³/mol. The smallest absolute Gasteiger partial charge is 0.239 e. The van der Waals surface area contributed by atoms with Crippen LogP contribution in [0.5, 0.6) is 0 Å². The lowest BCUT2D eigenvalue weighted by atomic mass is 10.0. The van der Waals surface area contributed by atoms with Crippen LogP contribution in [0.2, 0.25) is 0 Å². The normalized spacial score (nSPS) is 15.9. The average Bonchev–Trinajstić information content (AvgIpc) is 3.21. The number of rotatable bonds is 6. The van der Waals surface area contributed by atoms with Crippen molar-refractivity contribution >= 4 is 11.6 Å². The minimum absolute atomic E-state index is 0.0470. The minimum Gasteiger partial charge on any atom is -0.388 e. The maximum absolute atomic E-state index is 11.8. The first kappa shape index (κ1) is 13.9. The Bertz CT molecular complexity index is 444. The molecule has 0 radical (unpaired) electrons. The molecule has 1 aromatic rings. The van der Waals surface area contributed by atoms with Gasteiger partial charge in [0.2, 0.25) is 5.91 Å². The number of likely N-dealkylation sites (N-methyl/N-ethyl adjacent to an activating group) is 1. The summed E-state index contributed by atoms with van der Waals surface area (Å²) in [7, 11) is 1.88. The molecule has 4 heteroatoms.